The number of halogens is 6. The maximum absolute atomic E-state index is 12.8. The smallest absolute Gasteiger partial charge is 0.392 e. The Balaban J connectivity index is 2.53. The van der Waals surface area contributed by atoms with Crippen molar-refractivity contribution >= 4 is 0 Å². The second-order valence-electron chi connectivity index (χ2n) is 4.86. The van der Waals surface area contributed by atoms with Crippen LogP contribution in [0.25, 0.3) is 0 Å². The van der Waals surface area contributed by atoms with E-state index in [0.29, 0.717) is 23.3 Å². The van der Waals surface area contributed by atoms with Gasteiger partial charge in [-0.15, -0.1) is 0 Å². The van der Waals surface area contributed by atoms with Crippen LogP contribution in [0.15, 0.2) is 42.5 Å². The van der Waals surface area contributed by atoms with E-state index in [0.717, 1.165) is 0 Å². The number of rotatable bonds is 1. The Hall–Kier alpha value is -2.46. The van der Waals surface area contributed by atoms with Crippen LogP contribution >= 0.6 is 0 Å². The SMILES string of the molecule is OCc1ccccc1C#Cc1cc(C(F)(F)F)cc(C(F)(F)F)c1. The molecule has 0 heterocycles. The van der Waals surface area contributed by atoms with E-state index < -0.39 is 29.0 Å². The number of alkyl halides is 6. The van der Waals surface area contributed by atoms with Crippen molar-refractivity contribution in [2.24, 2.45) is 0 Å². The highest BCUT2D eigenvalue weighted by Crippen LogP contribution is 2.36. The summed E-state index contributed by atoms with van der Waals surface area (Å²) in [4.78, 5) is 0. The molecule has 1 nitrogen and oxygen atoms in total. The maximum Gasteiger partial charge on any atom is 0.416 e. The highest BCUT2D eigenvalue weighted by molar-refractivity contribution is 5.48. The van der Waals surface area contributed by atoms with Crippen molar-refractivity contribution in [3.8, 4) is 11.8 Å². The Bertz CT molecular complexity index is 761. The Kier molecular flexibility index (Phi) is 4.90. The number of aliphatic hydroxyl groups excluding tert-OH is 1. The average Bonchev–Trinajstić information content (AvgIpc) is 2.51. The fourth-order valence-corrected chi connectivity index (χ4v) is 1.95. The van der Waals surface area contributed by atoms with Gasteiger partial charge in [-0.2, -0.15) is 26.3 Å². The summed E-state index contributed by atoms with van der Waals surface area (Å²) in [5.41, 5.74) is -2.50. The van der Waals surface area contributed by atoms with Crippen molar-refractivity contribution in [1.29, 1.82) is 0 Å². The molecule has 126 valence electrons. The van der Waals surface area contributed by atoms with E-state index in [1.165, 1.54) is 6.07 Å². The highest BCUT2D eigenvalue weighted by Gasteiger charge is 2.36. The molecule has 0 bridgehead atoms. The van der Waals surface area contributed by atoms with Crippen LogP contribution in [-0.2, 0) is 19.0 Å². The minimum absolute atomic E-state index is 0.0485. The summed E-state index contributed by atoms with van der Waals surface area (Å²) in [7, 11) is 0. The van der Waals surface area contributed by atoms with Crippen molar-refractivity contribution in [1.82, 2.24) is 0 Å². The Morgan fingerprint density at radius 2 is 1.33 bits per heavy atom. The zero-order valence-electron chi connectivity index (χ0n) is 12.0. The highest BCUT2D eigenvalue weighted by atomic mass is 19.4. The van der Waals surface area contributed by atoms with E-state index >= 15 is 0 Å². The van der Waals surface area contributed by atoms with Gasteiger partial charge in [-0.3, -0.25) is 0 Å². The molecule has 2 rings (SSSR count). The van der Waals surface area contributed by atoms with Gasteiger partial charge in [0.15, 0.2) is 0 Å². The summed E-state index contributed by atoms with van der Waals surface area (Å²) in [6.07, 6.45) is -9.83. The molecule has 0 unspecified atom stereocenters. The van der Waals surface area contributed by atoms with E-state index in [2.05, 4.69) is 11.8 Å². The van der Waals surface area contributed by atoms with Crippen molar-refractivity contribution in [2.75, 3.05) is 0 Å². The second kappa shape index (κ2) is 6.57. The van der Waals surface area contributed by atoms with Gasteiger partial charge in [0.2, 0.25) is 0 Å². The zero-order valence-corrected chi connectivity index (χ0v) is 12.0. The first kappa shape index (κ1) is 17.9. The van der Waals surface area contributed by atoms with Crippen molar-refractivity contribution in [3.63, 3.8) is 0 Å². The third kappa shape index (κ3) is 4.30. The summed E-state index contributed by atoms with van der Waals surface area (Å²) in [5.74, 6) is 4.79. The third-order valence-corrected chi connectivity index (χ3v) is 3.12. The number of benzene rings is 2. The van der Waals surface area contributed by atoms with Crippen LogP contribution in [0.5, 0.6) is 0 Å². The lowest BCUT2D eigenvalue weighted by Gasteiger charge is -2.12. The molecule has 0 saturated carbocycles. The largest absolute Gasteiger partial charge is 0.416 e. The van der Waals surface area contributed by atoms with Crippen LogP contribution in [0.2, 0.25) is 0 Å². The minimum atomic E-state index is -4.92. The fourth-order valence-electron chi connectivity index (χ4n) is 1.95. The van der Waals surface area contributed by atoms with Gasteiger partial charge in [-0.05, 0) is 29.8 Å². The molecule has 2 aromatic rings. The molecular weight excluding hydrogens is 334 g/mol. The van der Waals surface area contributed by atoms with E-state index in [-0.39, 0.29) is 12.7 Å². The van der Waals surface area contributed by atoms with Gasteiger partial charge < -0.3 is 5.11 Å². The molecule has 1 N–H and O–H groups in total. The van der Waals surface area contributed by atoms with Gasteiger partial charge in [0.1, 0.15) is 0 Å². The predicted molar refractivity (Wildman–Crippen MR) is 74.8 cm³/mol. The Morgan fingerprint density at radius 1 is 0.792 bits per heavy atom. The molecule has 0 aliphatic carbocycles. The van der Waals surface area contributed by atoms with E-state index in [1.54, 1.807) is 18.2 Å². The van der Waals surface area contributed by atoms with Gasteiger partial charge in [0.25, 0.3) is 0 Å². The summed E-state index contributed by atoms with van der Waals surface area (Å²) in [6.45, 7) is -0.346. The summed E-state index contributed by atoms with van der Waals surface area (Å²) in [6, 6.07) is 7.45. The molecule has 0 aliphatic heterocycles. The van der Waals surface area contributed by atoms with Crippen LogP contribution < -0.4 is 0 Å². The van der Waals surface area contributed by atoms with Gasteiger partial charge in [-0.25, -0.2) is 0 Å². The molecule has 0 saturated heterocycles. The lowest BCUT2D eigenvalue weighted by molar-refractivity contribution is -0.143. The molecule has 2 aromatic carbocycles. The molecule has 0 amide bonds. The van der Waals surface area contributed by atoms with Crippen molar-refractivity contribution < 1.29 is 31.4 Å². The molecule has 0 spiro atoms. The van der Waals surface area contributed by atoms with Crippen LogP contribution in [0, 0.1) is 11.8 Å². The number of hydrogen-bond donors (Lipinski definition) is 1. The molecule has 0 aromatic heterocycles. The lowest BCUT2D eigenvalue weighted by Crippen LogP contribution is -2.11. The number of aliphatic hydroxyl groups is 1. The van der Waals surface area contributed by atoms with E-state index in [4.69, 9.17) is 5.11 Å². The molecular formula is C17H10F6O. The van der Waals surface area contributed by atoms with E-state index in [9.17, 15) is 26.3 Å². The van der Waals surface area contributed by atoms with Gasteiger partial charge in [0, 0.05) is 11.1 Å². The third-order valence-electron chi connectivity index (χ3n) is 3.12. The monoisotopic (exact) mass is 344 g/mol. The first-order valence-corrected chi connectivity index (χ1v) is 6.61. The first-order valence-electron chi connectivity index (χ1n) is 6.61. The second-order valence-corrected chi connectivity index (χ2v) is 4.86. The predicted octanol–water partition coefficient (Wildman–Crippen LogP) is 4.62. The summed E-state index contributed by atoms with van der Waals surface area (Å²) in [5, 5.41) is 9.15. The van der Waals surface area contributed by atoms with Crippen LogP contribution in [0.1, 0.15) is 27.8 Å². The summed E-state index contributed by atoms with van der Waals surface area (Å²) < 4.78 is 76.6. The van der Waals surface area contributed by atoms with Gasteiger partial charge in [0.05, 0.1) is 17.7 Å². The quantitative estimate of drug-likeness (QED) is 0.591. The van der Waals surface area contributed by atoms with Crippen LogP contribution in [0.4, 0.5) is 26.3 Å². The molecule has 0 aliphatic rings. The molecule has 24 heavy (non-hydrogen) atoms. The minimum Gasteiger partial charge on any atom is -0.392 e. The summed E-state index contributed by atoms with van der Waals surface area (Å²) >= 11 is 0. The topological polar surface area (TPSA) is 20.2 Å². The fraction of sp³-hybridized carbons (Fsp3) is 0.176. The molecule has 0 atom stereocenters. The standard InChI is InChI=1S/C17H10F6O/c18-16(19,20)14-7-11(8-15(9-14)17(21,22)23)5-6-12-3-1-2-4-13(12)10-24/h1-4,7-9,24H,10H2. The van der Waals surface area contributed by atoms with Gasteiger partial charge in [-0.1, -0.05) is 30.0 Å². The Labute approximate surface area is 133 Å². The zero-order chi connectivity index (χ0) is 18.0. The van der Waals surface area contributed by atoms with Crippen LogP contribution in [-0.4, -0.2) is 5.11 Å². The van der Waals surface area contributed by atoms with Crippen molar-refractivity contribution in [3.05, 3.63) is 70.3 Å². The Morgan fingerprint density at radius 3 is 1.83 bits per heavy atom. The maximum atomic E-state index is 12.8. The van der Waals surface area contributed by atoms with Crippen LogP contribution in [0.3, 0.4) is 0 Å². The average molecular weight is 344 g/mol. The molecule has 0 fully saturated rings. The van der Waals surface area contributed by atoms with Gasteiger partial charge >= 0.3 is 12.4 Å². The molecule has 0 radical (unpaired) electrons. The molecule has 7 heteroatoms. The number of hydrogen-bond acceptors (Lipinski definition) is 1. The first-order chi connectivity index (χ1) is 11.1. The normalized spacial score (nSPS) is 11.8. The lowest BCUT2D eigenvalue weighted by atomic mass is 10.0. The van der Waals surface area contributed by atoms with E-state index in [1.807, 2.05) is 0 Å². The van der Waals surface area contributed by atoms with Crippen molar-refractivity contribution in [2.45, 2.75) is 19.0 Å².